The van der Waals surface area contributed by atoms with E-state index in [2.05, 4.69) is 10.3 Å². The Morgan fingerprint density at radius 2 is 2.26 bits per heavy atom. The van der Waals surface area contributed by atoms with Crippen molar-refractivity contribution in [3.05, 3.63) is 11.4 Å². The fourth-order valence-corrected chi connectivity index (χ4v) is 2.62. The first kappa shape index (κ1) is 13.9. The molecule has 0 amide bonds. The van der Waals surface area contributed by atoms with Gasteiger partial charge in [0.05, 0.1) is 5.69 Å². The van der Waals surface area contributed by atoms with E-state index in [4.69, 9.17) is 5.11 Å². The molecule has 7 heteroatoms. The van der Waals surface area contributed by atoms with E-state index in [1.165, 1.54) is 4.68 Å². The van der Waals surface area contributed by atoms with Gasteiger partial charge in [-0.2, -0.15) is 0 Å². The SMILES string of the molecule is CC(C)c1c(C(=O)O)nnn1CC1CCC(F)(F)C1. The minimum Gasteiger partial charge on any atom is -0.476 e. The summed E-state index contributed by atoms with van der Waals surface area (Å²) in [6.07, 6.45) is 0.175. The highest BCUT2D eigenvalue weighted by Gasteiger charge is 2.40. The maximum Gasteiger partial charge on any atom is 0.358 e. The van der Waals surface area contributed by atoms with Gasteiger partial charge >= 0.3 is 5.97 Å². The Bertz CT molecular complexity index is 485. The van der Waals surface area contributed by atoms with Crippen molar-refractivity contribution in [2.45, 2.75) is 51.5 Å². The number of carboxylic acid groups (broad SMARTS) is 1. The topological polar surface area (TPSA) is 68.0 Å². The van der Waals surface area contributed by atoms with Gasteiger partial charge in [0.25, 0.3) is 0 Å². The average Bonchev–Trinajstić information content (AvgIpc) is 2.82. The fourth-order valence-electron chi connectivity index (χ4n) is 2.62. The van der Waals surface area contributed by atoms with E-state index in [0.717, 1.165) is 0 Å². The number of halogens is 2. The first-order chi connectivity index (χ1) is 8.80. The molecule has 1 heterocycles. The van der Waals surface area contributed by atoms with E-state index < -0.39 is 11.9 Å². The molecule has 106 valence electrons. The Kier molecular flexibility index (Phi) is 3.56. The molecular formula is C12H17F2N3O2. The summed E-state index contributed by atoms with van der Waals surface area (Å²) in [6.45, 7) is 3.99. The van der Waals surface area contributed by atoms with Crippen molar-refractivity contribution in [2.24, 2.45) is 5.92 Å². The molecular weight excluding hydrogens is 256 g/mol. The van der Waals surface area contributed by atoms with Gasteiger partial charge < -0.3 is 5.11 Å². The zero-order valence-electron chi connectivity index (χ0n) is 10.9. The van der Waals surface area contributed by atoms with E-state index in [1.807, 2.05) is 13.8 Å². The molecule has 1 atom stereocenters. The standard InChI is InChI=1S/C12H17F2N3O2/c1-7(2)10-9(11(18)19)15-16-17(10)6-8-3-4-12(13,14)5-8/h7-8H,3-6H2,1-2H3,(H,18,19). The van der Waals surface area contributed by atoms with Gasteiger partial charge in [0.1, 0.15) is 0 Å². The molecule has 0 radical (unpaired) electrons. The lowest BCUT2D eigenvalue weighted by Crippen LogP contribution is -2.16. The lowest BCUT2D eigenvalue weighted by Gasteiger charge is -2.14. The normalized spacial score (nSPS) is 22.1. The highest BCUT2D eigenvalue weighted by atomic mass is 19.3. The molecule has 1 aromatic rings. The van der Waals surface area contributed by atoms with E-state index in [1.54, 1.807) is 0 Å². The molecule has 2 rings (SSSR count). The Hall–Kier alpha value is -1.53. The first-order valence-corrected chi connectivity index (χ1v) is 6.34. The molecule has 0 saturated heterocycles. The van der Waals surface area contributed by atoms with Crippen LogP contribution >= 0.6 is 0 Å². The summed E-state index contributed by atoms with van der Waals surface area (Å²) < 4.78 is 27.8. The summed E-state index contributed by atoms with van der Waals surface area (Å²) in [4.78, 5) is 11.0. The number of aromatic carboxylic acids is 1. The van der Waals surface area contributed by atoms with Crippen molar-refractivity contribution in [3.63, 3.8) is 0 Å². The van der Waals surface area contributed by atoms with E-state index in [-0.39, 0.29) is 30.4 Å². The maximum absolute atomic E-state index is 13.2. The zero-order chi connectivity index (χ0) is 14.2. The Balaban J connectivity index is 2.19. The van der Waals surface area contributed by atoms with E-state index in [9.17, 15) is 13.6 Å². The quantitative estimate of drug-likeness (QED) is 0.915. The lowest BCUT2D eigenvalue weighted by atomic mass is 10.1. The highest BCUT2D eigenvalue weighted by Crippen LogP contribution is 2.39. The number of carboxylic acids is 1. The summed E-state index contributed by atoms with van der Waals surface area (Å²) in [5, 5.41) is 16.5. The number of nitrogens with zero attached hydrogens (tertiary/aromatic N) is 3. The number of alkyl halides is 2. The van der Waals surface area contributed by atoms with Crippen molar-refractivity contribution in [3.8, 4) is 0 Å². The fraction of sp³-hybridized carbons (Fsp3) is 0.750. The maximum atomic E-state index is 13.2. The molecule has 5 nitrogen and oxygen atoms in total. The molecule has 0 spiro atoms. The third-order valence-electron chi connectivity index (χ3n) is 3.46. The molecule has 1 fully saturated rings. The van der Waals surface area contributed by atoms with E-state index in [0.29, 0.717) is 18.7 Å². The zero-order valence-corrected chi connectivity index (χ0v) is 10.9. The number of carbonyl (C=O) groups is 1. The second kappa shape index (κ2) is 4.86. The van der Waals surface area contributed by atoms with Crippen LogP contribution < -0.4 is 0 Å². The number of hydrogen-bond donors (Lipinski definition) is 1. The Labute approximate surface area is 109 Å². The van der Waals surface area contributed by atoms with Gasteiger partial charge in [-0.15, -0.1) is 5.10 Å². The number of rotatable bonds is 4. The van der Waals surface area contributed by atoms with Gasteiger partial charge in [0, 0.05) is 19.4 Å². The summed E-state index contributed by atoms with van der Waals surface area (Å²) in [5.41, 5.74) is 0.419. The molecule has 0 bridgehead atoms. The Morgan fingerprint density at radius 1 is 1.58 bits per heavy atom. The third-order valence-corrected chi connectivity index (χ3v) is 3.46. The molecule has 1 aromatic heterocycles. The van der Waals surface area contributed by atoms with Crippen molar-refractivity contribution in [2.75, 3.05) is 0 Å². The molecule has 19 heavy (non-hydrogen) atoms. The van der Waals surface area contributed by atoms with Crippen LogP contribution in [0.25, 0.3) is 0 Å². The predicted octanol–water partition coefficient (Wildman–Crippen LogP) is 2.54. The van der Waals surface area contributed by atoms with Gasteiger partial charge in [-0.25, -0.2) is 18.3 Å². The summed E-state index contributed by atoms with van der Waals surface area (Å²) >= 11 is 0. The molecule has 0 aromatic carbocycles. The van der Waals surface area contributed by atoms with Crippen LogP contribution in [0.4, 0.5) is 8.78 Å². The van der Waals surface area contributed by atoms with Gasteiger partial charge in [0.15, 0.2) is 5.69 Å². The van der Waals surface area contributed by atoms with Crippen molar-refractivity contribution in [1.82, 2.24) is 15.0 Å². The summed E-state index contributed by atoms with van der Waals surface area (Å²) in [5.74, 6) is -3.97. The second-order valence-electron chi connectivity index (χ2n) is 5.43. The highest BCUT2D eigenvalue weighted by molar-refractivity contribution is 5.86. The van der Waals surface area contributed by atoms with Gasteiger partial charge in [-0.1, -0.05) is 19.1 Å². The van der Waals surface area contributed by atoms with Crippen LogP contribution in [-0.4, -0.2) is 32.0 Å². The molecule has 1 saturated carbocycles. The van der Waals surface area contributed by atoms with Gasteiger partial charge in [0.2, 0.25) is 5.92 Å². The minimum atomic E-state index is -2.60. The van der Waals surface area contributed by atoms with Crippen LogP contribution in [-0.2, 0) is 6.54 Å². The monoisotopic (exact) mass is 273 g/mol. The average molecular weight is 273 g/mol. The van der Waals surface area contributed by atoms with Gasteiger partial charge in [-0.3, -0.25) is 0 Å². The third kappa shape index (κ3) is 2.90. The summed E-state index contributed by atoms with van der Waals surface area (Å²) in [6, 6.07) is 0. The number of hydrogen-bond acceptors (Lipinski definition) is 3. The van der Waals surface area contributed by atoms with Crippen LogP contribution in [0.1, 0.15) is 55.2 Å². The molecule has 1 N–H and O–H groups in total. The smallest absolute Gasteiger partial charge is 0.358 e. The van der Waals surface area contributed by atoms with Crippen LogP contribution in [0, 0.1) is 5.92 Å². The number of aromatic nitrogens is 3. The second-order valence-corrected chi connectivity index (χ2v) is 5.43. The lowest BCUT2D eigenvalue weighted by molar-refractivity contribution is 0.00414. The Morgan fingerprint density at radius 3 is 2.74 bits per heavy atom. The first-order valence-electron chi connectivity index (χ1n) is 6.34. The van der Waals surface area contributed by atoms with Crippen LogP contribution in [0.15, 0.2) is 0 Å². The molecule has 1 unspecified atom stereocenters. The molecule has 1 aliphatic carbocycles. The minimum absolute atomic E-state index is 0.0667. The largest absolute Gasteiger partial charge is 0.476 e. The van der Waals surface area contributed by atoms with E-state index >= 15 is 0 Å². The molecule has 0 aliphatic heterocycles. The van der Waals surface area contributed by atoms with Crippen molar-refractivity contribution < 1.29 is 18.7 Å². The summed E-state index contributed by atoms with van der Waals surface area (Å²) in [7, 11) is 0. The van der Waals surface area contributed by atoms with Gasteiger partial charge in [-0.05, 0) is 18.3 Å². The molecule has 1 aliphatic rings. The van der Waals surface area contributed by atoms with Crippen LogP contribution in [0.3, 0.4) is 0 Å². The van der Waals surface area contributed by atoms with Crippen LogP contribution in [0.5, 0.6) is 0 Å². The van der Waals surface area contributed by atoms with Crippen molar-refractivity contribution in [1.29, 1.82) is 0 Å². The van der Waals surface area contributed by atoms with Crippen LogP contribution in [0.2, 0.25) is 0 Å². The predicted molar refractivity (Wildman–Crippen MR) is 63.4 cm³/mol. The van der Waals surface area contributed by atoms with Crippen molar-refractivity contribution >= 4 is 5.97 Å².